The van der Waals surface area contributed by atoms with Gasteiger partial charge in [0.25, 0.3) is 23.1 Å². The average Bonchev–Trinajstić information content (AvgIpc) is 2.80. The van der Waals surface area contributed by atoms with E-state index >= 15 is 0 Å². The molecule has 12 heteroatoms. The highest BCUT2D eigenvalue weighted by Crippen LogP contribution is 2.52. The third kappa shape index (κ3) is 2.99. The lowest BCUT2D eigenvalue weighted by Gasteiger charge is -2.56. The summed E-state index contributed by atoms with van der Waals surface area (Å²) in [5.41, 5.74) is -1.86. The number of rotatable bonds is 4. The molecule has 2 atom stereocenters. The van der Waals surface area contributed by atoms with Gasteiger partial charge < -0.3 is 44.9 Å². The lowest BCUT2D eigenvalue weighted by atomic mass is 9.79. The summed E-state index contributed by atoms with van der Waals surface area (Å²) in [6.07, 6.45) is -2.43. The Bertz CT molecular complexity index is 1230. The molecule has 0 spiro atoms. The van der Waals surface area contributed by atoms with Crippen LogP contribution in [0.15, 0.2) is 63.8 Å². The van der Waals surface area contributed by atoms with Crippen LogP contribution in [-0.2, 0) is 15.4 Å². The molecule has 3 aromatic rings. The first-order valence-electron chi connectivity index (χ1n) is 9.53. The molecule has 1 fully saturated rings. The second kappa shape index (κ2) is 7.65. The van der Waals surface area contributed by atoms with Gasteiger partial charge in [-0.2, -0.15) is 4.89 Å². The van der Waals surface area contributed by atoms with Gasteiger partial charge in [0, 0.05) is 5.56 Å². The van der Waals surface area contributed by atoms with E-state index in [9.17, 15) is 45.8 Å². The monoisotopic (exact) mass is 464 g/mol. The highest BCUT2D eigenvalue weighted by atomic mass is 17.2. The van der Waals surface area contributed by atoms with Crippen LogP contribution < -0.4 is 5.43 Å². The van der Waals surface area contributed by atoms with Crippen LogP contribution in [0, 0.1) is 0 Å². The molecule has 33 heavy (non-hydrogen) atoms. The quantitative estimate of drug-likeness (QED) is 0.126. The summed E-state index contributed by atoms with van der Waals surface area (Å²) in [4.78, 5) is 17.7. The molecule has 12 nitrogen and oxygen atoms in total. The molecular formula is C21H20O12. The highest BCUT2D eigenvalue weighted by Gasteiger charge is 2.80. The first-order chi connectivity index (χ1) is 15.5. The number of fused-ring (bicyclic) bond motifs is 1. The summed E-state index contributed by atoms with van der Waals surface area (Å²) in [7, 11) is 0. The molecule has 0 radical (unpaired) electrons. The molecular weight excluding hydrogens is 444 g/mol. The lowest BCUT2D eigenvalue weighted by Crippen LogP contribution is -2.84. The van der Waals surface area contributed by atoms with Crippen molar-refractivity contribution in [3.63, 3.8) is 0 Å². The maximum atomic E-state index is 13.5. The molecule has 2 heterocycles. The van der Waals surface area contributed by atoms with Gasteiger partial charge in [0.05, 0.1) is 12.0 Å². The predicted octanol–water partition coefficient (Wildman–Crippen LogP) is -1.46. The van der Waals surface area contributed by atoms with E-state index in [1.807, 2.05) is 0 Å². The van der Waals surface area contributed by atoms with Crippen molar-refractivity contribution in [2.24, 2.45) is 0 Å². The van der Waals surface area contributed by atoms with E-state index in [1.54, 1.807) is 24.3 Å². The van der Waals surface area contributed by atoms with Gasteiger partial charge >= 0.3 is 0 Å². The maximum absolute atomic E-state index is 13.5. The molecule has 1 aliphatic rings. The van der Waals surface area contributed by atoms with Crippen LogP contribution in [-0.4, -0.2) is 71.1 Å². The van der Waals surface area contributed by atoms with Gasteiger partial charge in [0.1, 0.15) is 23.0 Å². The van der Waals surface area contributed by atoms with Crippen molar-refractivity contribution in [1.82, 2.24) is 0 Å². The Morgan fingerprint density at radius 3 is 2.09 bits per heavy atom. The number of aliphatic hydroxyl groups excluding tert-OH is 1. The van der Waals surface area contributed by atoms with Crippen LogP contribution in [0.4, 0.5) is 0 Å². The molecule has 2 aromatic carbocycles. The Kier molecular flexibility index (Phi) is 5.42. The molecule has 1 saturated heterocycles. The van der Waals surface area contributed by atoms with Crippen LogP contribution in [0.1, 0.15) is 5.56 Å². The van der Waals surface area contributed by atoms with Gasteiger partial charge in [-0.3, -0.25) is 4.79 Å². The maximum Gasteiger partial charge on any atom is 0.295 e. The Labute approximate surface area is 184 Å². The minimum absolute atomic E-state index is 0.0344. The zero-order valence-electron chi connectivity index (χ0n) is 16.7. The molecule has 0 amide bonds. The third-order valence-electron chi connectivity index (χ3n) is 5.67. The molecule has 8 N–H and O–H groups in total. The van der Waals surface area contributed by atoms with E-state index in [0.717, 1.165) is 0 Å². The van der Waals surface area contributed by atoms with Gasteiger partial charge in [-0.15, -0.1) is 0 Å². The van der Waals surface area contributed by atoms with Crippen LogP contribution in [0.2, 0.25) is 0 Å². The molecule has 1 unspecified atom stereocenters. The smallest absolute Gasteiger partial charge is 0.295 e. The van der Waals surface area contributed by atoms with E-state index < -0.39 is 52.6 Å². The Hall–Kier alpha value is -2.75. The van der Waals surface area contributed by atoms with Gasteiger partial charge in [0.2, 0.25) is 5.43 Å². The largest absolute Gasteiger partial charge is 0.455 e. The standard InChI is InChI=1S/C21H20O12/c22-10-14-18(24,25)20(26,27)21(28,29)19(32-14,33-30)15-16(23)12-8-4-5-9-13(12)31-17(15)11-6-2-1-3-7-11/h1-9,14,22,24-30H,10H2/t14-,19?/m1/s1. The zero-order valence-corrected chi connectivity index (χ0v) is 16.7. The third-order valence-corrected chi connectivity index (χ3v) is 5.67. The van der Waals surface area contributed by atoms with Crippen molar-refractivity contribution in [1.29, 1.82) is 0 Å². The molecule has 4 rings (SSSR count). The van der Waals surface area contributed by atoms with E-state index in [-0.39, 0.29) is 16.5 Å². The number of para-hydroxylation sites is 1. The van der Waals surface area contributed by atoms with E-state index in [1.165, 1.54) is 30.3 Å². The summed E-state index contributed by atoms with van der Waals surface area (Å²) < 4.78 is 10.9. The van der Waals surface area contributed by atoms with Crippen molar-refractivity contribution in [2.75, 3.05) is 6.61 Å². The fourth-order valence-electron chi connectivity index (χ4n) is 3.84. The number of hydrogen-bond acceptors (Lipinski definition) is 12. The van der Waals surface area contributed by atoms with Gasteiger partial charge in [0.15, 0.2) is 0 Å². The number of aliphatic hydroxyl groups is 7. The molecule has 0 saturated carbocycles. The Balaban J connectivity index is 2.16. The van der Waals surface area contributed by atoms with Crippen molar-refractivity contribution < 1.29 is 55.0 Å². The average molecular weight is 464 g/mol. The first kappa shape index (κ1) is 23.4. The minimum Gasteiger partial charge on any atom is -0.455 e. The van der Waals surface area contributed by atoms with Crippen molar-refractivity contribution in [3.05, 3.63) is 70.4 Å². The first-order valence-corrected chi connectivity index (χ1v) is 9.53. The van der Waals surface area contributed by atoms with Crippen LogP contribution in [0.5, 0.6) is 0 Å². The normalized spacial score (nSPS) is 25.8. The lowest BCUT2D eigenvalue weighted by molar-refractivity contribution is -0.604. The summed E-state index contributed by atoms with van der Waals surface area (Å²) in [6, 6.07) is 13.3. The van der Waals surface area contributed by atoms with Gasteiger partial charge in [-0.1, -0.05) is 42.5 Å². The SMILES string of the molecule is O=c1c(C2(OO)O[C@H](CO)C(O)(O)C(O)(O)C2(O)O)c(-c2ccccc2)oc2ccccc12. The van der Waals surface area contributed by atoms with Gasteiger partial charge in [-0.05, 0) is 12.1 Å². The van der Waals surface area contributed by atoms with Crippen molar-refractivity contribution >= 4 is 11.0 Å². The number of hydrogen-bond donors (Lipinski definition) is 8. The molecule has 0 aliphatic carbocycles. The van der Waals surface area contributed by atoms with Crippen LogP contribution in [0.25, 0.3) is 22.3 Å². The van der Waals surface area contributed by atoms with E-state index in [2.05, 4.69) is 4.89 Å². The second-order valence-corrected chi connectivity index (χ2v) is 7.57. The topological polar surface area (TPSA) is 211 Å². The Morgan fingerprint density at radius 1 is 0.879 bits per heavy atom. The van der Waals surface area contributed by atoms with Crippen molar-refractivity contribution in [2.45, 2.75) is 29.3 Å². The fourth-order valence-corrected chi connectivity index (χ4v) is 3.84. The predicted molar refractivity (Wildman–Crippen MR) is 107 cm³/mol. The summed E-state index contributed by atoms with van der Waals surface area (Å²) in [6.45, 7) is -1.35. The van der Waals surface area contributed by atoms with Gasteiger partial charge in [-0.25, -0.2) is 5.26 Å². The van der Waals surface area contributed by atoms with Crippen LogP contribution in [0.3, 0.4) is 0 Å². The summed E-state index contributed by atoms with van der Waals surface area (Å²) in [5.74, 6) is -16.6. The fraction of sp³-hybridized carbons (Fsp3) is 0.286. The zero-order chi connectivity index (χ0) is 24.2. The molecule has 1 aromatic heterocycles. The molecule has 1 aliphatic heterocycles. The minimum atomic E-state index is -4.35. The number of ether oxygens (including phenoxy) is 1. The van der Waals surface area contributed by atoms with E-state index in [0.29, 0.717) is 0 Å². The molecule has 176 valence electrons. The summed E-state index contributed by atoms with van der Waals surface area (Å²) >= 11 is 0. The Morgan fingerprint density at radius 2 is 1.48 bits per heavy atom. The number of benzene rings is 2. The molecule has 0 bridgehead atoms. The highest BCUT2D eigenvalue weighted by molar-refractivity contribution is 5.81. The second-order valence-electron chi connectivity index (χ2n) is 7.57. The van der Waals surface area contributed by atoms with Crippen LogP contribution >= 0.6 is 0 Å². The summed E-state index contributed by atoms with van der Waals surface area (Å²) in [5, 5.41) is 81.7. The van der Waals surface area contributed by atoms with E-state index in [4.69, 9.17) is 9.15 Å². The van der Waals surface area contributed by atoms with Crippen molar-refractivity contribution in [3.8, 4) is 11.3 Å².